The first-order chi connectivity index (χ1) is 13.0. The Hall–Kier alpha value is -2.06. The standard InChI is InChI=1S/C20H22BrF3N2O2/c1-5-26(3)12-25-17-11-18(28-4)16(9-13(17)2)19(27,20(22,23)24)14-7-6-8-15(21)10-14/h6-12,27H,5H2,1-4H3/b25-12+. The van der Waals surface area contributed by atoms with Crippen LogP contribution >= 0.6 is 15.9 Å². The zero-order valence-electron chi connectivity index (χ0n) is 16.0. The fraction of sp³-hybridized carbons (Fsp3) is 0.350. The van der Waals surface area contributed by atoms with Crippen LogP contribution in [0.4, 0.5) is 18.9 Å². The van der Waals surface area contributed by atoms with Gasteiger partial charge in [-0.3, -0.25) is 0 Å². The molecule has 2 aromatic rings. The van der Waals surface area contributed by atoms with Crippen LogP contribution in [0.3, 0.4) is 0 Å². The van der Waals surface area contributed by atoms with Crippen LogP contribution in [0.25, 0.3) is 0 Å². The predicted molar refractivity (Wildman–Crippen MR) is 107 cm³/mol. The number of benzene rings is 2. The molecule has 8 heteroatoms. The second kappa shape index (κ2) is 8.53. The van der Waals surface area contributed by atoms with Crippen molar-refractivity contribution in [3.05, 3.63) is 57.6 Å². The summed E-state index contributed by atoms with van der Waals surface area (Å²) in [6.45, 7) is 4.32. The third-order valence-corrected chi connectivity index (χ3v) is 4.95. The van der Waals surface area contributed by atoms with Gasteiger partial charge in [-0.05, 0) is 43.2 Å². The van der Waals surface area contributed by atoms with E-state index < -0.39 is 11.8 Å². The van der Waals surface area contributed by atoms with Crippen molar-refractivity contribution in [3.63, 3.8) is 0 Å². The van der Waals surface area contributed by atoms with E-state index in [0.717, 1.165) is 6.54 Å². The lowest BCUT2D eigenvalue weighted by molar-refractivity contribution is -0.248. The molecule has 0 amide bonds. The minimum absolute atomic E-state index is 0.100. The SMILES string of the molecule is CCN(C)/C=N/c1cc(OC)c(C(O)(c2cccc(Br)c2)C(F)(F)F)cc1C. The second-order valence-corrected chi connectivity index (χ2v) is 7.29. The first-order valence-electron chi connectivity index (χ1n) is 8.53. The Morgan fingerprint density at radius 2 is 1.93 bits per heavy atom. The van der Waals surface area contributed by atoms with Gasteiger partial charge >= 0.3 is 6.18 Å². The molecule has 0 aromatic heterocycles. The normalized spacial score (nSPS) is 14.2. The quantitative estimate of drug-likeness (QED) is 0.479. The first kappa shape index (κ1) is 22.2. The van der Waals surface area contributed by atoms with Crippen molar-refractivity contribution in [2.75, 3.05) is 20.7 Å². The Bertz CT molecular complexity index is 871. The van der Waals surface area contributed by atoms with Gasteiger partial charge in [-0.1, -0.05) is 28.1 Å². The minimum atomic E-state index is -4.97. The van der Waals surface area contributed by atoms with Gasteiger partial charge in [-0.2, -0.15) is 13.2 Å². The first-order valence-corrected chi connectivity index (χ1v) is 9.32. The number of aryl methyl sites for hydroxylation is 1. The van der Waals surface area contributed by atoms with Crippen molar-refractivity contribution in [1.29, 1.82) is 0 Å². The van der Waals surface area contributed by atoms with Gasteiger partial charge < -0.3 is 14.7 Å². The van der Waals surface area contributed by atoms with Gasteiger partial charge in [-0.15, -0.1) is 0 Å². The summed E-state index contributed by atoms with van der Waals surface area (Å²) in [6, 6.07) is 8.17. The average molecular weight is 459 g/mol. The summed E-state index contributed by atoms with van der Waals surface area (Å²) < 4.78 is 47.9. The molecule has 0 radical (unpaired) electrons. The number of ether oxygens (including phenoxy) is 1. The van der Waals surface area contributed by atoms with Crippen LogP contribution in [0.2, 0.25) is 0 Å². The van der Waals surface area contributed by atoms with Crippen molar-refractivity contribution in [3.8, 4) is 5.75 Å². The maximum Gasteiger partial charge on any atom is 0.425 e. The Labute approximate surface area is 170 Å². The lowest BCUT2D eigenvalue weighted by Crippen LogP contribution is -2.43. The number of aliphatic hydroxyl groups is 1. The molecule has 2 aromatic carbocycles. The minimum Gasteiger partial charge on any atom is -0.496 e. The van der Waals surface area contributed by atoms with Gasteiger partial charge in [0.05, 0.1) is 19.1 Å². The second-order valence-electron chi connectivity index (χ2n) is 6.38. The fourth-order valence-electron chi connectivity index (χ4n) is 2.70. The summed E-state index contributed by atoms with van der Waals surface area (Å²) in [7, 11) is 3.09. The molecule has 0 fully saturated rings. The molecule has 1 atom stereocenters. The van der Waals surface area contributed by atoms with Crippen molar-refractivity contribution in [1.82, 2.24) is 4.90 Å². The van der Waals surface area contributed by atoms with Crippen LogP contribution in [0.15, 0.2) is 45.9 Å². The third kappa shape index (κ3) is 4.33. The van der Waals surface area contributed by atoms with E-state index in [1.165, 1.54) is 37.4 Å². The Morgan fingerprint density at radius 3 is 2.46 bits per heavy atom. The molecule has 0 aliphatic heterocycles. The van der Waals surface area contributed by atoms with Crippen LogP contribution in [0, 0.1) is 6.92 Å². The van der Waals surface area contributed by atoms with Gasteiger partial charge in [0.15, 0.2) is 0 Å². The van der Waals surface area contributed by atoms with Crippen LogP contribution in [0.1, 0.15) is 23.6 Å². The average Bonchev–Trinajstić information content (AvgIpc) is 2.64. The maximum atomic E-state index is 14.1. The molecule has 0 aliphatic carbocycles. The summed E-state index contributed by atoms with van der Waals surface area (Å²) >= 11 is 3.16. The predicted octanol–water partition coefficient (Wildman–Crippen LogP) is 5.18. The van der Waals surface area contributed by atoms with E-state index in [0.29, 0.717) is 15.7 Å². The number of halogens is 4. The Morgan fingerprint density at radius 1 is 1.25 bits per heavy atom. The molecular weight excluding hydrogens is 437 g/mol. The van der Waals surface area contributed by atoms with Crippen LogP contribution < -0.4 is 4.74 Å². The number of rotatable bonds is 6. The number of hydrogen-bond acceptors (Lipinski definition) is 3. The zero-order chi connectivity index (χ0) is 21.1. The summed E-state index contributed by atoms with van der Waals surface area (Å²) in [5.74, 6) is -0.100. The molecule has 0 saturated heterocycles. The molecular formula is C20H22BrF3N2O2. The van der Waals surface area contributed by atoms with E-state index in [-0.39, 0.29) is 16.9 Å². The van der Waals surface area contributed by atoms with Crippen molar-refractivity contribution in [2.24, 2.45) is 4.99 Å². The smallest absolute Gasteiger partial charge is 0.425 e. The molecule has 4 nitrogen and oxygen atoms in total. The monoisotopic (exact) mass is 458 g/mol. The molecule has 152 valence electrons. The van der Waals surface area contributed by atoms with E-state index in [9.17, 15) is 18.3 Å². The third-order valence-electron chi connectivity index (χ3n) is 4.45. The number of nitrogens with zero attached hydrogens (tertiary/aromatic N) is 2. The van der Waals surface area contributed by atoms with E-state index in [1.54, 1.807) is 19.3 Å². The fourth-order valence-corrected chi connectivity index (χ4v) is 3.10. The topological polar surface area (TPSA) is 45.1 Å². The maximum absolute atomic E-state index is 14.1. The number of aliphatic imine (C=N–C) groups is 1. The highest BCUT2D eigenvalue weighted by molar-refractivity contribution is 9.10. The van der Waals surface area contributed by atoms with Crippen molar-refractivity contribution in [2.45, 2.75) is 25.6 Å². The van der Waals surface area contributed by atoms with Crippen molar-refractivity contribution >= 4 is 28.0 Å². The highest BCUT2D eigenvalue weighted by Crippen LogP contribution is 2.49. The highest BCUT2D eigenvalue weighted by atomic mass is 79.9. The van der Waals surface area contributed by atoms with Crippen LogP contribution in [-0.2, 0) is 5.60 Å². The van der Waals surface area contributed by atoms with Gasteiger partial charge in [0, 0.05) is 29.7 Å². The number of methoxy groups -OCH3 is 1. The molecule has 0 bridgehead atoms. The Kier molecular flexibility index (Phi) is 6.77. The van der Waals surface area contributed by atoms with E-state index in [2.05, 4.69) is 20.9 Å². The summed E-state index contributed by atoms with van der Waals surface area (Å²) in [6.07, 6.45) is -3.38. The number of alkyl halides is 3. The lowest BCUT2D eigenvalue weighted by Gasteiger charge is -2.33. The molecule has 1 unspecified atom stereocenters. The molecule has 0 heterocycles. The van der Waals surface area contributed by atoms with Gasteiger partial charge in [0.2, 0.25) is 5.60 Å². The lowest BCUT2D eigenvalue weighted by atomic mass is 9.84. The number of hydrogen-bond donors (Lipinski definition) is 1. The van der Waals surface area contributed by atoms with Gasteiger partial charge in [0.25, 0.3) is 0 Å². The zero-order valence-corrected chi connectivity index (χ0v) is 17.6. The molecule has 0 aliphatic rings. The molecule has 0 saturated carbocycles. The van der Waals surface area contributed by atoms with E-state index in [4.69, 9.17) is 4.74 Å². The van der Waals surface area contributed by atoms with Gasteiger partial charge in [0.1, 0.15) is 5.75 Å². The van der Waals surface area contributed by atoms with E-state index in [1.807, 2.05) is 18.9 Å². The molecule has 1 N–H and O–H groups in total. The Balaban J connectivity index is 2.71. The van der Waals surface area contributed by atoms with E-state index >= 15 is 0 Å². The van der Waals surface area contributed by atoms with Gasteiger partial charge in [-0.25, -0.2) is 4.99 Å². The largest absolute Gasteiger partial charge is 0.496 e. The summed E-state index contributed by atoms with van der Waals surface area (Å²) in [5.41, 5.74) is -3.00. The summed E-state index contributed by atoms with van der Waals surface area (Å²) in [5, 5.41) is 10.9. The molecule has 0 spiro atoms. The molecule has 28 heavy (non-hydrogen) atoms. The molecule has 2 rings (SSSR count). The van der Waals surface area contributed by atoms with Crippen molar-refractivity contribution < 1.29 is 23.0 Å². The van der Waals surface area contributed by atoms with Crippen LogP contribution in [-0.4, -0.2) is 43.2 Å². The highest BCUT2D eigenvalue weighted by Gasteiger charge is 2.57. The summed E-state index contributed by atoms with van der Waals surface area (Å²) in [4.78, 5) is 6.13. The van der Waals surface area contributed by atoms with Crippen LogP contribution in [0.5, 0.6) is 5.75 Å².